The van der Waals surface area contributed by atoms with Crippen molar-refractivity contribution in [3.05, 3.63) is 0 Å². The van der Waals surface area contributed by atoms with Crippen molar-refractivity contribution in [3.63, 3.8) is 0 Å². The number of hydrogen-bond donors (Lipinski definition) is 1. The maximum Gasteiger partial charge on any atom is 0.248 e. The summed E-state index contributed by atoms with van der Waals surface area (Å²) in [6, 6.07) is 0. The van der Waals surface area contributed by atoms with E-state index in [1.165, 1.54) is 0 Å². The number of nitrogens with zero attached hydrogens (tertiary/aromatic N) is 1. The summed E-state index contributed by atoms with van der Waals surface area (Å²) in [6.45, 7) is 5.03. The second-order valence-corrected chi connectivity index (χ2v) is 3.64. The Morgan fingerprint density at radius 2 is 2.38 bits per heavy atom. The zero-order valence-electron chi connectivity index (χ0n) is 8.19. The molecule has 0 aromatic heterocycles. The number of ether oxygens (including phenoxy) is 1. The van der Waals surface area contributed by atoms with Crippen molar-refractivity contribution >= 4 is 5.91 Å². The Hall–Kier alpha value is -0.610. The highest BCUT2D eigenvalue weighted by Gasteiger charge is 2.24. The predicted octanol–water partition coefficient (Wildman–Crippen LogP) is 0.00460. The van der Waals surface area contributed by atoms with E-state index in [1.54, 1.807) is 4.90 Å². The maximum absolute atomic E-state index is 11.4. The summed E-state index contributed by atoms with van der Waals surface area (Å²) in [4.78, 5) is 13.0. The Balaban J connectivity index is 2.24. The summed E-state index contributed by atoms with van der Waals surface area (Å²) >= 11 is 0. The molecule has 4 nitrogen and oxygen atoms in total. The molecule has 1 atom stereocenters. The van der Waals surface area contributed by atoms with E-state index < -0.39 is 0 Å². The molecule has 1 heterocycles. The van der Waals surface area contributed by atoms with Gasteiger partial charge >= 0.3 is 0 Å². The van der Waals surface area contributed by atoms with Crippen LogP contribution in [0.1, 0.15) is 20.3 Å². The third kappa shape index (κ3) is 3.32. The summed E-state index contributed by atoms with van der Waals surface area (Å²) in [6.07, 6.45) is 0.424. The Kier molecular flexibility index (Phi) is 3.69. The first-order valence-corrected chi connectivity index (χ1v) is 4.67. The largest absolute Gasteiger partial charge is 0.391 e. The quantitative estimate of drug-likeness (QED) is 0.677. The van der Waals surface area contributed by atoms with Gasteiger partial charge in [0.05, 0.1) is 12.2 Å². The average Bonchev–Trinajstić information content (AvgIpc) is 2.47. The van der Waals surface area contributed by atoms with Crippen molar-refractivity contribution in [3.8, 4) is 0 Å². The first kappa shape index (κ1) is 10.5. The Morgan fingerprint density at radius 1 is 1.69 bits per heavy atom. The first-order valence-electron chi connectivity index (χ1n) is 4.67. The molecule has 4 heteroatoms. The van der Waals surface area contributed by atoms with Crippen LogP contribution >= 0.6 is 0 Å². The molecule has 0 aromatic carbocycles. The molecule has 1 N–H and O–H groups in total. The molecule has 76 valence electrons. The summed E-state index contributed by atoms with van der Waals surface area (Å²) in [5.41, 5.74) is 0. The lowest BCUT2D eigenvalue weighted by Gasteiger charge is -2.16. The van der Waals surface area contributed by atoms with Gasteiger partial charge in [-0.15, -0.1) is 0 Å². The molecule has 0 radical (unpaired) electrons. The number of amides is 1. The topological polar surface area (TPSA) is 49.8 Å². The highest BCUT2D eigenvalue weighted by Crippen LogP contribution is 2.08. The smallest absolute Gasteiger partial charge is 0.248 e. The first-order chi connectivity index (χ1) is 6.09. The molecule has 0 spiro atoms. The van der Waals surface area contributed by atoms with Gasteiger partial charge in [-0.3, -0.25) is 4.79 Å². The minimum Gasteiger partial charge on any atom is -0.391 e. The van der Waals surface area contributed by atoms with Gasteiger partial charge in [0.2, 0.25) is 5.91 Å². The zero-order chi connectivity index (χ0) is 9.84. The monoisotopic (exact) mass is 187 g/mol. The van der Waals surface area contributed by atoms with Crippen molar-refractivity contribution < 1.29 is 14.6 Å². The van der Waals surface area contributed by atoms with Crippen LogP contribution in [0.3, 0.4) is 0 Å². The maximum atomic E-state index is 11.4. The van der Waals surface area contributed by atoms with E-state index in [0.29, 0.717) is 19.5 Å². The van der Waals surface area contributed by atoms with Gasteiger partial charge < -0.3 is 14.7 Å². The van der Waals surface area contributed by atoms with E-state index in [-0.39, 0.29) is 24.7 Å². The molecular weight excluding hydrogens is 170 g/mol. The molecule has 0 aliphatic carbocycles. The molecule has 0 saturated carbocycles. The molecule has 13 heavy (non-hydrogen) atoms. The van der Waals surface area contributed by atoms with Crippen LogP contribution in [0.4, 0.5) is 0 Å². The van der Waals surface area contributed by atoms with Gasteiger partial charge in [-0.2, -0.15) is 0 Å². The zero-order valence-corrected chi connectivity index (χ0v) is 8.19. The van der Waals surface area contributed by atoms with Crippen molar-refractivity contribution in [2.75, 3.05) is 19.7 Å². The fraction of sp³-hybridized carbons (Fsp3) is 0.889. The third-order valence-corrected chi connectivity index (χ3v) is 2.06. The lowest BCUT2D eigenvalue weighted by atomic mass is 10.3. The van der Waals surface area contributed by atoms with Gasteiger partial charge in [0, 0.05) is 13.1 Å². The highest BCUT2D eigenvalue weighted by molar-refractivity contribution is 5.77. The summed E-state index contributed by atoms with van der Waals surface area (Å²) in [7, 11) is 0. The molecule has 1 rings (SSSR count). The summed E-state index contributed by atoms with van der Waals surface area (Å²) < 4.78 is 5.18. The number of rotatable bonds is 3. The van der Waals surface area contributed by atoms with Gasteiger partial charge in [0.1, 0.15) is 6.61 Å². The minimum absolute atomic E-state index is 0.0229. The van der Waals surface area contributed by atoms with Gasteiger partial charge in [0.15, 0.2) is 0 Å². The van der Waals surface area contributed by atoms with E-state index in [4.69, 9.17) is 4.74 Å². The van der Waals surface area contributed by atoms with Crippen molar-refractivity contribution in [2.45, 2.75) is 32.5 Å². The standard InChI is InChI=1S/C9H17NO3/c1-7(2)13-6-9(12)10-4-3-8(11)5-10/h7-8,11H,3-6H2,1-2H3/t8-/m0/s1. The van der Waals surface area contributed by atoms with E-state index in [1.807, 2.05) is 13.8 Å². The SMILES string of the molecule is CC(C)OCC(=O)N1CC[C@H](O)C1. The molecule has 1 fully saturated rings. The van der Waals surface area contributed by atoms with Crippen LogP contribution in [0.15, 0.2) is 0 Å². The highest BCUT2D eigenvalue weighted by atomic mass is 16.5. The van der Waals surface area contributed by atoms with Crippen LogP contribution in [0.25, 0.3) is 0 Å². The third-order valence-electron chi connectivity index (χ3n) is 2.06. The second kappa shape index (κ2) is 4.58. The van der Waals surface area contributed by atoms with Crippen LogP contribution < -0.4 is 0 Å². The summed E-state index contributed by atoms with van der Waals surface area (Å²) in [5.74, 6) is -0.0229. The molecular formula is C9H17NO3. The van der Waals surface area contributed by atoms with Crippen molar-refractivity contribution in [1.82, 2.24) is 4.90 Å². The second-order valence-electron chi connectivity index (χ2n) is 3.64. The molecule has 0 aromatic rings. The molecule has 0 bridgehead atoms. The molecule has 1 amide bonds. The number of likely N-dealkylation sites (tertiary alicyclic amines) is 1. The fourth-order valence-electron chi connectivity index (χ4n) is 1.30. The minimum atomic E-state index is -0.344. The van der Waals surface area contributed by atoms with Crippen LogP contribution in [0, 0.1) is 0 Å². The average molecular weight is 187 g/mol. The lowest BCUT2D eigenvalue weighted by Crippen LogP contribution is -2.33. The predicted molar refractivity (Wildman–Crippen MR) is 48.3 cm³/mol. The van der Waals surface area contributed by atoms with E-state index in [2.05, 4.69) is 0 Å². The molecule has 1 saturated heterocycles. The summed E-state index contributed by atoms with van der Waals surface area (Å²) in [5, 5.41) is 9.19. The number of carbonyl (C=O) groups is 1. The molecule has 1 aliphatic heterocycles. The van der Waals surface area contributed by atoms with Crippen LogP contribution in [-0.2, 0) is 9.53 Å². The number of hydrogen-bond acceptors (Lipinski definition) is 3. The van der Waals surface area contributed by atoms with E-state index in [9.17, 15) is 9.90 Å². The van der Waals surface area contributed by atoms with Gasteiger partial charge in [0.25, 0.3) is 0 Å². The van der Waals surface area contributed by atoms with Gasteiger partial charge in [-0.25, -0.2) is 0 Å². The number of β-amino-alcohol motifs (C(OH)–C–C–N with tert-alkyl or cyclic N) is 1. The van der Waals surface area contributed by atoms with E-state index >= 15 is 0 Å². The van der Waals surface area contributed by atoms with Crippen LogP contribution in [-0.4, -0.2) is 47.8 Å². The molecule has 1 aliphatic rings. The van der Waals surface area contributed by atoms with E-state index in [0.717, 1.165) is 0 Å². The van der Waals surface area contributed by atoms with Crippen LogP contribution in [0.5, 0.6) is 0 Å². The Morgan fingerprint density at radius 3 is 2.85 bits per heavy atom. The normalized spacial score (nSPS) is 22.8. The Bertz CT molecular complexity index is 182. The van der Waals surface area contributed by atoms with Crippen molar-refractivity contribution in [1.29, 1.82) is 0 Å². The van der Waals surface area contributed by atoms with Crippen LogP contribution in [0.2, 0.25) is 0 Å². The van der Waals surface area contributed by atoms with Crippen molar-refractivity contribution in [2.24, 2.45) is 0 Å². The van der Waals surface area contributed by atoms with Gasteiger partial charge in [-0.1, -0.05) is 0 Å². The number of carbonyl (C=O) groups excluding carboxylic acids is 1. The number of aliphatic hydroxyl groups is 1. The van der Waals surface area contributed by atoms with Gasteiger partial charge in [-0.05, 0) is 20.3 Å². The molecule has 0 unspecified atom stereocenters. The fourth-order valence-corrected chi connectivity index (χ4v) is 1.30. The Labute approximate surface area is 78.5 Å². The lowest BCUT2D eigenvalue weighted by molar-refractivity contribution is -0.136. The number of aliphatic hydroxyl groups excluding tert-OH is 1.